The average molecular weight is 288 g/mol. The standard InChI is InChI=1S/C14H28N2O2S/c1-15(2)13(17)12(14(18)16(3)4)10-8-6-5-7-9-11-19/h12,19H,5-11H2,1-4H3. The van der Waals surface area contributed by atoms with Crippen LogP contribution < -0.4 is 0 Å². The molecule has 0 aromatic rings. The molecule has 0 heterocycles. The average Bonchev–Trinajstić information content (AvgIpc) is 2.36. The molecule has 0 aliphatic heterocycles. The summed E-state index contributed by atoms with van der Waals surface area (Å²) in [6.07, 6.45) is 6.12. The van der Waals surface area contributed by atoms with E-state index in [0.29, 0.717) is 6.42 Å². The van der Waals surface area contributed by atoms with Crippen molar-refractivity contribution >= 4 is 24.4 Å². The monoisotopic (exact) mass is 288 g/mol. The summed E-state index contributed by atoms with van der Waals surface area (Å²) in [5.74, 6) is 0.235. The smallest absolute Gasteiger partial charge is 0.234 e. The highest BCUT2D eigenvalue weighted by atomic mass is 32.1. The van der Waals surface area contributed by atoms with E-state index in [2.05, 4.69) is 12.6 Å². The normalized spacial score (nSPS) is 10.6. The molecule has 0 atom stereocenters. The Bertz CT molecular complexity index is 261. The summed E-state index contributed by atoms with van der Waals surface area (Å²) in [7, 11) is 6.80. The fraction of sp³-hybridized carbons (Fsp3) is 0.857. The highest BCUT2D eigenvalue weighted by Gasteiger charge is 2.28. The lowest BCUT2D eigenvalue weighted by Crippen LogP contribution is -2.40. The molecule has 0 aromatic carbocycles. The third kappa shape index (κ3) is 7.45. The number of hydrogen-bond donors (Lipinski definition) is 1. The molecule has 0 N–H and O–H groups in total. The largest absolute Gasteiger partial charge is 0.348 e. The molecule has 0 rings (SSSR count). The third-order valence-corrected chi connectivity index (χ3v) is 3.44. The lowest BCUT2D eigenvalue weighted by molar-refractivity contribution is -0.144. The van der Waals surface area contributed by atoms with Gasteiger partial charge in [-0.25, -0.2) is 0 Å². The Labute approximate surface area is 122 Å². The summed E-state index contributed by atoms with van der Waals surface area (Å²) in [5, 5.41) is 0. The quantitative estimate of drug-likeness (QED) is 0.401. The first kappa shape index (κ1) is 18.3. The van der Waals surface area contributed by atoms with E-state index < -0.39 is 5.92 Å². The van der Waals surface area contributed by atoms with Crippen molar-refractivity contribution in [2.24, 2.45) is 5.92 Å². The zero-order chi connectivity index (χ0) is 14.8. The fourth-order valence-electron chi connectivity index (χ4n) is 1.97. The maximum Gasteiger partial charge on any atom is 0.234 e. The molecule has 0 saturated carbocycles. The molecule has 0 saturated heterocycles. The van der Waals surface area contributed by atoms with Crippen molar-refractivity contribution in [1.29, 1.82) is 0 Å². The Hall–Kier alpha value is -0.710. The molecular weight excluding hydrogens is 260 g/mol. The van der Waals surface area contributed by atoms with E-state index in [1.54, 1.807) is 28.2 Å². The van der Waals surface area contributed by atoms with Gasteiger partial charge in [0.2, 0.25) is 11.8 Å². The first-order chi connectivity index (χ1) is 8.91. The molecular formula is C14H28N2O2S. The highest BCUT2D eigenvalue weighted by Crippen LogP contribution is 2.15. The second-order valence-corrected chi connectivity index (χ2v) is 5.75. The summed E-state index contributed by atoms with van der Waals surface area (Å²) in [4.78, 5) is 27.1. The highest BCUT2D eigenvalue weighted by molar-refractivity contribution is 7.80. The van der Waals surface area contributed by atoms with Crippen LogP contribution >= 0.6 is 12.6 Å². The number of amides is 2. The number of thiol groups is 1. The zero-order valence-electron chi connectivity index (χ0n) is 12.7. The minimum atomic E-state index is -0.519. The molecule has 112 valence electrons. The summed E-state index contributed by atoms with van der Waals surface area (Å²) in [6.45, 7) is 0. The fourth-order valence-corrected chi connectivity index (χ4v) is 2.19. The van der Waals surface area contributed by atoms with Gasteiger partial charge in [-0.1, -0.05) is 25.7 Å². The lowest BCUT2D eigenvalue weighted by atomic mass is 9.98. The molecule has 4 nitrogen and oxygen atoms in total. The molecule has 0 unspecified atom stereocenters. The van der Waals surface area contributed by atoms with Gasteiger partial charge < -0.3 is 9.80 Å². The Kier molecular flexibility index (Phi) is 9.74. The number of unbranched alkanes of at least 4 members (excludes halogenated alkanes) is 4. The van der Waals surface area contributed by atoms with Gasteiger partial charge in [-0.15, -0.1) is 0 Å². The predicted molar refractivity (Wildman–Crippen MR) is 82.4 cm³/mol. The van der Waals surface area contributed by atoms with E-state index in [1.165, 1.54) is 16.2 Å². The van der Waals surface area contributed by atoms with Crippen LogP contribution in [0.1, 0.15) is 38.5 Å². The van der Waals surface area contributed by atoms with Crippen molar-refractivity contribution in [3.8, 4) is 0 Å². The lowest BCUT2D eigenvalue weighted by Gasteiger charge is -2.22. The minimum Gasteiger partial charge on any atom is -0.348 e. The van der Waals surface area contributed by atoms with Crippen molar-refractivity contribution in [2.45, 2.75) is 38.5 Å². The van der Waals surface area contributed by atoms with Gasteiger partial charge in [0.05, 0.1) is 0 Å². The Morgan fingerprint density at radius 1 is 0.842 bits per heavy atom. The summed E-state index contributed by atoms with van der Waals surface area (Å²) in [5.41, 5.74) is 0. The molecule has 0 fully saturated rings. The first-order valence-electron chi connectivity index (χ1n) is 6.95. The van der Waals surface area contributed by atoms with E-state index >= 15 is 0 Å². The van der Waals surface area contributed by atoms with Gasteiger partial charge in [-0.05, 0) is 18.6 Å². The van der Waals surface area contributed by atoms with Crippen molar-refractivity contribution in [3.63, 3.8) is 0 Å². The van der Waals surface area contributed by atoms with Crippen LogP contribution in [0.5, 0.6) is 0 Å². The number of carbonyl (C=O) groups excluding carboxylic acids is 2. The van der Waals surface area contributed by atoms with Gasteiger partial charge in [0.1, 0.15) is 5.92 Å². The van der Waals surface area contributed by atoms with E-state index in [9.17, 15) is 9.59 Å². The molecule has 0 aliphatic carbocycles. The molecule has 0 bridgehead atoms. The summed E-state index contributed by atoms with van der Waals surface area (Å²) in [6, 6.07) is 0. The number of carbonyl (C=O) groups is 2. The molecule has 5 heteroatoms. The number of rotatable bonds is 9. The molecule has 0 aliphatic rings. The molecule has 0 radical (unpaired) electrons. The van der Waals surface area contributed by atoms with Crippen LogP contribution in [0.15, 0.2) is 0 Å². The second kappa shape index (κ2) is 10.1. The van der Waals surface area contributed by atoms with Crippen molar-refractivity contribution in [1.82, 2.24) is 9.80 Å². The van der Waals surface area contributed by atoms with Gasteiger partial charge in [0.25, 0.3) is 0 Å². The minimum absolute atomic E-state index is 0.0888. The van der Waals surface area contributed by atoms with Crippen LogP contribution in [0, 0.1) is 5.92 Å². The van der Waals surface area contributed by atoms with Gasteiger partial charge >= 0.3 is 0 Å². The van der Waals surface area contributed by atoms with Crippen LogP contribution in [0.25, 0.3) is 0 Å². The maximum atomic E-state index is 12.0. The van der Waals surface area contributed by atoms with Crippen LogP contribution in [0.2, 0.25) is 0 Å². The maximum absolute atomic E-state index is 12.0. The van der Waals surface area contributed by atoms with E-state index in [0.717, 1.165) is 31.4 Å². The van der Waals surface area contributed by atoms with Crippen molar-refractivity contribution in [2.75, 3.05) is 33.9 Å². The van der Waals surface area contributed by atoms with E-state index in [4.69, 9.17) is 0 Å². The third-order valence-electron chi connectivity index (χ3n) is 3.13. The predicted octanol–water partition coefficient (Wildman–Crippen LogP) is 2.05. The van der Waals surface area contributed by atoms with Crippen LogP contribution in [0.4, 0.5) is 0 Å². The van der Waals surface area contributed by atoms with Crippen LogP contribution in [0.3, 0.4) is 0 Å². The zero-order valence-corrected chi connectivity index (χ0v) is 13.6. The topological polar surface area (TPSA) is 40.6 Å². The van der Waals surface area contributed by atoms with Gasteiger partial charge in [-0.2, -0.15) is 12.6 Å². The Morgan fingerprint density at radius 3 is 1.68 bits per heavy atom. The van der Waals surface area contributed by atoms with Crippen LogP contribution in [-0.2, 0) is 9.59 Å². The SMILES string of the molecule is CN(C)C(=O)C(CCCCCCCS)C(=O)N(C)C. The van der Waals surface area contributed by atoms with Gasteiger partial charge in [0.15, 0.2) is 0 Å². The van der Waals surface area contributed by atoms with Crippen molar-refractivity contribution in [3.05, 3.63) is 0 Å². The van der Waals surface area contributed by atoms with Crippen LogP contribution in [-0.4, -0.2) is 55.6 Å². The molecule has 0 spiro atoms. The molecule has 0 aromatic heterocycles. The molecule has 2 amide bonds. The van der Waals surface area contributed by atoms with Crippen molar-refractivity contribution < 1.29 is 9.59 Å². The van der Waals surface area contributed by atoms with E-state index in [-0.39, 0.29) is 11.8 Å². The Morgan fingerprint density at radius 2 is 1.26 bits per heavy atom. The summed E-state index contributed by atoms with van der Waals surface area (Å²) < 4.78 is 0. The number of hydrogen-bond acceptors (Lipinski definition) is 3. The first-order valence-corrected chi connectivity index (χ1v) is 7.58. The van der Waals surface area contributed by atoms with Gasteiger partial charge in [0, 0.05) is 28.2 Å². The van der Waals surface area contributed by atoms with E-state index in [1.807, 2.05) is 0 Å². The Balaban J connectivity index is 4.21. The number of nitrogens with zero attached hydrogens (tertiary/aromatic N) is 2. The van der Waals surface area contributed by atoms with Gasteiger partial charge in [-0.3, -0.25) is 9.59 Å². The molecule has 19 heavy (non-hydrogen) atoms. The summed E-state index contributed by atoms with van der Waals surface area (Å²) >= 11 is 4.18. The second-order valence-electron chi connectivity index (χ2n) is 5.30.